The largest absolute Gasteiger partial charge is 0.379 e. The minimum Gasteiger partial charge on any atom is -0.379 e. The van der Waals surface area contributed by atoms with Crippen molar-refractivity contribution in [3.05, 3.63) is 76.3 Å². The highest BCUT2D eigenvalue weighted by Crippen LogP contribution is 2.16. The lowest BCUT2D eigenvalue weighted by Gasteiger charge is -2.26. The van der Waals surface area contributed by atoms with E-state index in [0.717, 1.165) is 43.9 Å². The van der Waals surface area contributed by atoms with Gasteiger partial charge in [-0.3, -0.25) is 23.5 Å². The van der Waals surface area contributed by atoms with Gasteiger partial charge in [-0.1, -0.05) is 42.5 Å². The smallest absolute Gasteiger partial charge is 0.262 e. The summed E-state index contributed by atoms with van der Waals surface area (Å²) in [5.74, 6) is 1.16. The van der Waals surface area contributed by atoms with E-state index in [-0.39, 0.29) is 11.5 Å². The number of aromatic nitrogens is 4. The van der Waals surface area contributed by atoms with Gasteiger partial charge in [-0.25, -0.2) is 0 Å². The van der Waals surface area contributed by atoms with E-state index < -0.39 is 0 Å². The Morgan fingerprint density at radius 3 is 2.54 bits per heavy atom. The van der Waals surface area contributed by atoms with Crippen LogP contribution in [-0.4, -0.2) is 69.4 Å². The second kappa shape index (κ2) is 10.8. The zero-order chi connectivity index (χ0) is 24.0. The quantitative estimate of drug-likeness (QED) is 0.397. The number of nitrogens with zero attached hydrogens (tertiary/aromatic N) is 5. The third-order valence-electron chi connectivity index (χ3n) is 6.47. The number of benzene rings is 2. The molecule has 1 aliphatic rings. The van der Waals surface area contributed by atoms with Crippen LogP contribution in [0.3, 0.4) is 0 Å². The van der Waals surface area contributed by atoms with Gasteiger partial charge in [0.2, 0.25) is 11.7 Å². The van der Waals surface area contributed by atoms with E-state index in [9.17, 15) is 9.59 Å². The molecule has 2 aromatic heterocycles. The van der Waals surface area contributed by atoms with E-state index in [1.54, 1.807) is 4.57 Å². The van der Waals surface area contributed by atoms with Crippen molar-refractivity contribution in [2.75, 3.05) is 39.4 Å². The molecule has 2 aromatic carbocycles. The van der Waals surface area contributed by atoms with Gasteiger partial charge < -0.3 is 10.1 Å². The SMILES string of the molecule is O=C(CCc1nnc2n(CCc3ccccc3)c(=O)c3ccccc3n12)NCCN1CCOCC1. The summed E-state index contributed by atoms with van der Waals surface area (Å²) in [5.41, 5.74) is 1.83. The molecule has 1 N–H and O–H groups in total. The Morgan fingerprint density at radius 2 is 1.71 bits per heavy atom. The summed E-state index contributed by atoms with van der Waals surface area (Å²) in [6.45, 7) is 5.23. The van der Waals surface area contributed by atoms with Crippen molar-refractivity contribution in [1.82, 2.24) is 29.4 Å². The highest BCUT2D eigenvalue weighted by Gasteiger charge is 2.17. The summed E-state index contributed by atoms with van der Waals surface area (Å²) in [6, 6.07) is 17.6. The lowest BCUT2D eigenvalue weighted by molar-refractivity contribution is -0.121. The summed E-state index contributed by atoms with van der Waals surface area (Å²) in [6.07, 6.45) is 1.45. The first-order valence-electron chi connectivity index (χ1n) is 12.2. The molecule has 0 aliphatic carbocycles. The summed E-state index contributed by atoms with van der Waals surface area (Å²) in [4.78, 5) is 28.1. The van der Waals surface area contributed by atoms with Crippen molar-refractivity contribution in [2.24, 2.45) is 0 Å². The molecule has 0 unspecified atom stereocenters. The van der Waals surface area contributed by atoms with Gasteiger partial charge in [-0.2, -0.15) is 0 Å². The first kappa shape index (κ1) is 23.2. The molecule has 0 radical (unpaired) electrons. The van der Waals surface area contributed by atoms with Crippen LogP contribution in [0.1, 0.15) is 17.8 Å². The number of hydrogen-bond acceptors (Lipinski definition) is 6. The molecule has 182 valence electrons. The summed E-state index contributed by atoms with van der Waals surface area (Å²) >= 11 is 0. The molecule has 9 heteroatoms. The number of hydrogen-bond donors (Lipinski definition) is 1. The molecule has 0 saturated carbocycles. The fourth-order valence-corrected chi connectivity index (χ4v) is 4.56. The fourth-order valence-electron chi connectivity index (χ4n) is 4.56. The monoisotopic (exact) mass is 474 g/mol. The van der Waals surface area contributed by atoms with Crippen LogP contribution in [0.15, 0.2) is 59.4 Å². The van der Waals surface area contributed by atoms with Gasteiger partial charge in [0.05, 0.1) is 24.1 Å². The summed E-state index contributed by atoms with van der Waals surface area (Å²) < 4.78 is 8.97. The van der Waals surface area contributed by atoms with Crippen molar-refractivity contribution >= 4 is 22.6 Å². The Labute approximate surface area is 203 Å². The highest BCUT2D eigenvalue weighted by atomic mass is 16.5. The maximum atomic E-state index is 13.3. The van der Waals surface area contributed by atoms with Gasteiger partial charge in [-0.05, 0) is 24.1 Å². The Morgan fingerprint density at radius 1 is 0.943 bits per heavy atom. The van der Waals surface area contributed by atoms with Gasteiger partial charge in [-0.15, -0.1) is 10.2 Å². The number of carbonyl (C=O) groups is 1. The molecule has 9 nitrogen and oxygen atoms in total. The third kappa shape index (κ3) is 5.26. The van der Waals surface area contributed by atoms with Gasteiger partial charge in [0.15, 0.2) is 0 Å². The van der Waals surface area contributed by atoms with Crippen LogP contribution in [0.4, 0.5) is 0 Å². The molecule has 35 heavy (non-hydrogen) atoms. The van der Waals surface area contributed by atoms with E-state index in [0.29, 0.717) is 49.3 Å². The zero-order valence-electron chi connectivity index (χ0n) is 19.7. The number of amides is 1. The zero-order valence-corrected chi connectivity index (χ0v) is 19.7. The minimum absolute atomic E-state index is 0.0169. The average molecular weight is 475 g/mol. The predicted molar refractivity (Wildman–Crippen MR) is 133 cm³/mol. The van der Waals surface area contributed by atoms with Crippen molar-refractivity contribution in [1.29, 1.82) is 0 Å². The van der Waals surface area contributed by atoms with Crippen molar-refractivity contribution < 1.29 is 9.53 Å². The van der Waals surface area contributed by atoms with Crippen molar-refractivity contribution in [3.8, 4) is 0 Å². The van der Waals surface area contributed by atoms with Gasteiger partial charge >= 0.3 is 0 Å². The molecule has 0 spiro atoms. The number of aryl methyl sites for hydroxylation is 3. The molecule has 1 fully saturated rings. The first-order chi connectivity index (χ1) is 17.2. The topological polar surface area (TPSA) is 93.8 Å². The maximum Gasteiger partial charge on any atom is 0.262 e. The van der Waals surface area contributed by atoms with Crippen molar-refractivity contribution in [3.63, 3.8) is 0 Å². The fraction of sp³-hybridized carbons (Fsp3) is 0.385. The maximum absolute atomic E-state index is 13.3. The van der Waals surface area contributed by atoms with Crippen LogP contribution in [0.2, 0.25) is 0 Å². The van der Waals surface area contributed by atoms with Crippen LogP contribution in [0.25, 0.3) is 16.7 Å². The molecule has 1 saturated heterocycles. The van der Waals surface area contributed by atoms with Crippen LogP contribution in [0.5, 0.6) is 0 Å². The lowest BCUT2D eigenvalue weighted by Crippen LogP contribution is -2.41. The van der Waals surface area contributed by atoms with Crippen LogP contribution in [-0.2, 0) is 28.9 Å². The number of morpholine rings is 1. The van der Waals surface area contributed by atoms with Crippen LogP contribution in [0, 0.1) is 0 Å². The minimum atomic E-state index is -0.0798. The summed E-state index contributed by atoms with van der Waals surface area (Å²) in [7, 11) is 0. The molecular weight excluding hydrogens is 444 g/mol. The Bertz CT molecular complexity index is 1360. The molecule has 0 bridgehead atoms. The highest BCUT2D eigenvalue weighted by molar-refractivity contribution is 5.80. The Hall–Kier alpha value is -3.56. The number of nitrogens with one attached hydrogen (secondary N) is 1. The number of carbonyl (C=O) groups excluding carboxylic acids is 1. The Balaban J connectivity index is 1.33. The second-order valence-electron chi connectivity index (χ2n) is 8.77. The number of fused-ring (bicyclic) bond motifs is 3. The molecule has 5 rings (SSSR count). The molecule has 0 atom stereocenters. The molecule has 4 aromatic rings. The van der Waals surface area contributed by atoms with E-state index in [4.69, 9.17) is 4.74 Å². The normalized spacial score (nSPS) is 14.5. The van der Waals surface area contributed by atoms with Gasteiger partial charge in [0, 0.05) is 45.6 Å². The van der Waals surface area contributed by atoms with E-state index >= 15 is 0 Å². The second-order valence-corrected chi connectivity index (χ2v) is 8.77. The van der Waals surface area contributed by atoms with E-state index in [1.165, 1.54) is 0 Å². The van der Waals surface area contributed by atoms with E-state index in [2.05, 4.69) is 32.5 Å². The Kier molecular flexibility index (Phi) is 7.15. The number of rotatable bonds is 9. The van der Waals surface area contributed by atoms with Crippen LogP contribution < -0.4 is 10.9 Å². The molecule has 3 heterocycles. The first-order valence-corrected chi connectivity index (χ1v) is 12.2. The standard InChI is InChI=1S/C26H30N6O3/c33-24(27-13-15-30-16-18-35-19-17-30)11-10-23-28-29-26-31(14-12-20-6-2-1-3-7-20)25(34)21-8-4-5-9-22(21)32(23)26/h1-9H,10-19H2,(H,27,33). The third-order valence-corrected chi connectivity index (χ3v) is 6.47. The van der Waals surface area contributed by atoms with Crippen molar-refractivity contribution in [2.45, 2.75) is 25.8 Å². The van der Waals surface area contributed by atoms with E-state index in [1.807, 2.05) is 46.9 Å². The number of ether oxygens (including phenoxy) is 1. The molecule has 1 aliphatic heterocycles. The van der Waals surface area contributed by atoms with Gasteiger partial charge in [0.1, 0.15) is 5.82 Å². The summed E-state index contributed by atoms with van der Waals surface area (Å²) in [5, 5.41) is 12.4. The predicted octanol–water partition coefficient (Wildman–Crippen LogP) is 1.67. The molecular formula is C26H30N6O3. The van der Waals surface area contributed by atoms with Crippen LogP contribution >= 0.6 is 0 Å². The lowest BCUT2D eigenvalue weighted by atomic mass is 10.1. The number of para-hydroxylation sites is 1. The molecule has 1 amide bonds. The average Bonchev–Trinajstić information content (AvgIpc) is 3.33. The van der Waals surface area contributed by atoms with Gasteiger partial charge in [0.25, 0.3) is 5.56 Å².